The molecule has 0 bridgehead atoms. The highest BCUT2D eigenvalue weighted by molar-refractivity contribution is 8.13. The molecule has 1 aromatic carbocycles. The number of benzene rings is 1. The van der Waals surface area contributed by atoms with E-state index in [9.17, 15) is 22.4 Å². The molecule has 0 spiro atoms. The first kappa shape index (κ1) is 19.6. The lowest BCUT2D eigenvalue weighted by Gasteiger charge is -2.23. The third kappa shape index (κ3) is 5.60. The molecule has 0 atom stereocenters. The number of carbonyl (C=O) groups excluding carboxylic acids is 1. The van der Waals surface area contributed by atoms with Gasteiger partial charge in [-0.15, -0.1) is 0 Å². The summed E-state index contributed by atoms with van der Waals surface area (Å²) in [4.78, 5) is 10.7. The Hall–Kier alpha value is -1.44. The molecule has 0 aliphatic rings. The second kappa shape index (κ2) is 7.90. The third-order valence-electron chi connectivity index (χ3n) is 2.56. The van der Waals surface area contributed by atoms with E-state index in [0.29, 0.717) is 12.2 Å². The lowest BCUT2D eigenvalue weighted by molar-refractivity contribution is -0.109. The summed E-state index contributed by atoms with van der Waals surface area (Å²) in [6.07, 6.45) is 0.395. The Bertz CT molecular complexity index is 559. The molecule has 0 saturated carbocycles. The summed E-state index contributed by atoms with van der Waals surface area (Å²) in [5, 5.41) is 2.24. The normalized spacial score (nSPS) is 11.5. The van der Waals surface area contributed by atoms with Crippen LogP contribution in [0.2, 0.25) is 0 Å². The maximum atomic E-state index is 13.9. The number of nitrogens with one attached hydrogen (secondary N) is 1. The van der Waals surface area contributed by atoms with Crippen LogP contribution in [0.5, 0.6) is 5.75 Å². The largest absolute Gasteiger partial charge is 0.482 e. The minimum atomic E-state index is -1.58. The zero-order valence-corrected chi connectivity index (χ0v) is 14.2. The summed E-state index contributed by atoms with van der Waals surface area (Å²) in [5.74, 6) is -6.89. The quantitative estimate of drug-likeness (QED) is 0.464. The molecule has 0 amide bonds. The van der Waals surface area contributed by atoms with Gasteiger partial charge in [0, 0.05) is 19.2 Å². The zero-order valence-electron chi connectivity index (χ0n) is 13.4. The van der Waals surface area contributed by atoms with E-state index < -0.39 is 40.3 Å². The van der Waals surface area contributed by atoms with Crippen LogP contribution in [0.25, 0.3) is 0 Å². The Morgan fingerprint density at radius 2 is 1.61 bits per heavy atom. The van der Waals surface area contributed by atoms with E-state index in [0.717, 1.165) is 11.8 Å². The van der Waals surface area contributed by atoms with Crippen molar-refractivity contribution in [2.75, 3.05) is 17.6 Å². The van der Waals surface area contributed by atoms with Gasteiger partial charge in [0.2, 0.25) is 11.6 Å². The van der Waals surface area contributed by atoms with Crippen LogP contribution < -0.4 is 10.1 Å². The molecule has 0 unspecified atom stereocenters. The Labute approximate surface area is 136 Å². The van der Waals surface area contributed by atoms with Crippen molar-refractivity contribution in [1.29, 1.82) is 0 Å². The molecule has 0 aliphatic heterocycles. The van der Waals surface area contributed by atoms with Gasteiger partial charge in [0.25, 0.3) is 0 Å². The number of hydrogen-bond donors (Lipinski definition) is 1. The van der Waals surface area contributed by atoms with Crippen molar-refractivity contribution in [3.8, 4) is 5.75 Å². The van der Waals surface area contributed by atoms with Crippen molar-refractivity contribution < 1.29 is 27.1 Å². The summed E-state index contributed by atoms with van der Waals surface area (Å²) in [6.45, 7) is 5.96. The number of halogens is 4. The standard InChI is InChI=1S/C15H19F4NO2S/c1-8(21)23-7-5-6-20-13-9(16)11(18)14(12(19)10(13)17)22-15(2,3)4/h20H,5-7H2,1-4H3. The topological polar surface area (TPSA) is 38.3 Å². The molecule has 1 rings (SSSR count). The average Bonchev–Trinajstić information content (AvgIpc) is 2.43. The lowest BCUT2D eigenvalue weighted by atomic mass is 10.1. The Morgan fingerprint density at radius 3 is 2.04 bits per heavy atom. The second-order valence-electron chi connectivity index (χ2n) is 5.79. The van der Waals surface area contributed by atoms with Crippen molar-refractivity contribution in [3.05, 3.63) is 23.3 Å². The van der Waals surface area contributed by atoms with E-state index in [1.807, 2.05) is 0 Å². The fourth-order valence-electron chi connectivity index (χ4n) is 1.66. The molecule has 130 valence electrons. The summed E-state index contributed by atoms with van der Waals surface area (Å²) in [6, 6.07) is 0. The molecule has 1 aromatic rings. The van der Waals surface area contributed by atoms with Gasteiger partial charge < -0.3 is 10.1 Å². The Morgan fingerprint density at radius 1 is 1.09 bits per heavy atom. The number of carbonyl (C=O) groups is 1. The molecular formula is C15H19F4NO2S. The number of ether oxygens (including phenoxy) is 1. The van der Waals surface area contributed by atoms with E-state index in [1.54, 1.807) is 0 Å². The Balaban J connectivity index is 2.92. The highest BCUT2D eigenvalue weighted by Gasteiger charge is 2.29. The lowest BCUT2D eigenvalue weighted by Crippen LogP contribution is -2.25. The monoisotopic (exact) mass is 353 g/mol. The van der Waals surface area contributed by atoms with E-state index >= 15 is 0 Å². The predicted molar refractivity (Wildman–Crippen MR) is 82.9 cm³/mol. The molecular weight excluding hydrogens is 334 g/mol. The van der Waals surface area contributed by atoms with Crippen molar-refractivity contribution in [1.82, 2.24) is 0 Å². The minimum absolute atomic E-state index is 0.0620. The van der Waals surface area contributed by atoms with Gasteiger partial charge >= 0.3 is 0 Å². The Kier molecular flexibility index (Phi) is 6.73. The van der Waals surface area contributed by atoms with E-state index in [4.69, 9.17) is 4.74 Å². The summed E-state index contributed by atoms with van der Waals surface area (Å²) in [7, 11) is 0. The van der Waals surface area contributed by atoms with Crippen LogP contribution in [0.4, 0.5) is 23.2 Å². The van der Waals surface area contributed by atoms with Crippen LogP contribution in [-0.2, 0) is 4.79 Å². The van der Waals surface area contributed by atoms with Gasteiger partial charge in [0.15, 0.2) is 22.5 Å². The molecule has 3 nitrogen and oxygen atoms in total. The first-order valence-corrected chi connectivity index (χ1v) is 7.95. The van der Waals surface area contributed by atoms with E-state index in [1.165, 1.54) is 27.7 Å². The van der Waals surface area contributed by atoms with Gasteiger partial charge in [0.05, 0.1) is 0 Å². The average molecular weight is 353 g/mol. The number of anilines is 1. The van der Waals surface area contributed by atoms with Crippen LogP contribution in [0.15, 0.2) is 0 Å². The van der Waals surface area contributed by atoms with Crippen molar-refractivity contribution in [2.24, 2.45) is 0 Å². The van der Waals surface area contributed by atoms with Crippen LogP contribution in [-0.4, -0.2) is 23.0 Å². The molecule has 0 saturated heterocycles. The number of thioether (sulfide) groups is 1. The van der Waals surface area contributed by atoms with Crippen molar-refractivity contribution >= 4 is 22.6 Å². The summed E-state index contributed by atoms with van der Waals surface area (Å²) in [5.41, 5.74) is -1.89. The molecule has 0 radical (unpaired) electrons. The maximum Gasteiger partial charge on any atom is 0.206 e. The van der Waals surface area contributed by atoms with Gasteiger partial charge in [-0.1, -0.05) is 11.8 Å². The SMILES string of the molecule is CC(=O)SCCCNc1c(F)c(F)c(OC(C)(C)C)c(F)c1F. The number of hydrogen-bond acceptors (Lipinski definition) is 4. The highest BCUT2D eigenvalue weighted by Crippen LogP contribution is 2.34. The first-order valence-electron chi connectivity index (χ1n) is 6.96. The second-order valence-corrected chi connectivity index (χ2v) is 7.07. The fourth-order valence-corrected chi connectivity index (χ4v) is 2.24. The summed E-state index contributed by atoms with van der Waals surface area (Å²) < 4.78 is 60.7. The van der Waals surface area contributed by atoms with Crippen LogP contribution in [0, 0.1) is 23.3 Å². The third-order valence-corrected chi connectivity index (χ3v) is 3.46. The molecule has 1 N–H and O–H groups in total. The van der Waals surface area contributed by atoms with Gasteiger partial charge in [-0.2, -0.15) is 8.78 Å². The van der Waals surface area contributed by atoms with Crippen LogP contribution >= 0.6 is 11.8 Å². The molecule has 0 aromatic heterocycles. The first-order chi connectivity index (χ1) is 10.5. The number of rotatable bonds is 6. The fraction of sp³-hybridized carbons (Fsp3) is 0.533. The molecule has 23 heavy (non-hydrogen) atoms. The zero-order chi connectivity index (χ0) is 17.8. The van der Waals surface area contributed by atoms with Crippen LogP contribution in [0.3, 0.4) is 0 Å². The van der Waals surface area contributed by atoms with Gasteiger partial charge in [0.1, 0.15) is 11.3 Å². The van der Waals surface area contributed by atoms with Gasteiger partial charge in [-0.25, -0.2) is 8.78 Å². The van der Waals surface area contributed by atoms with Gasteiger partial charge in [-0.05, 0) is 27.2 Å². The molecule has 0 aliphatic carbocycles. The highest BCUT2D eigenvalue weighted by atomic mass is 32.2. The van der Waals surface area contributed by atoms with Crippen LogP contribution in [0.1, 0.15) is 34.1 Å². The summed E-state index contributed by atoms with van der Waals surface area (Å²) >= 11 is 1.06. The predicted octanol–water partition coefficient (Wildman–Crippen LogP) is 4.50. The molecule has 8 heteroatoms. The van der Waals surface area contributed by atoms with E-state index in [2.05, 4.69) is 5.32 Å². The molecule has 0 fully saturated rings. The smallest absolute Gasteiger partial charge is 0.206 e. The maximum absolute atomic E-state index is 13.9. The minimum Gasteiger partial charge on any atom is -0.482 e. The van der Waals surface area contributed by atoms with Crippen molar-refractivity contribution in [3.63, 3.8) is 0 Å². The van der Waals surface area contributed by atoms with Gasteiger partial charge in [-0.3, -0.25) is 4.79 Å². The molecule has 0 heterocycles. The van der Waals surface area contributed by atoms with E-state index in [-0.39, 0.29) is 11.7 Å². The van der Waals surface area contributed by atoms with Crippen molar-refractivity contribution in [2.45, 2.75) is 39.7 Å².